The van der Waals surface area contributed by atoms with E-state index in [1.54, 1.807) is 0 Å². The first kappa shape index (κ1) is 18.6. The van der Waals surface area contributed by atoms with E-state index in [0.717, 1.165) is 45.1 Å². The fourth-order valence-corrected chi connectivity index (χ4v) is 5.30. The van der Waals surface area contributed by atoms with Crippen LogP contribution in [-0.2, 0) is 4.74 Å². The summed E-state index contributed by atoms with van der Waals surface area (Å²) < 4.78 is 6.22. The number of piperazine rings is 1. The molecule has 1 heterocycles. The number of hydrogen-bond acceptors (Lipinski definition) is 5. The molecule has 3 fully saturated rings. The van der Waals surface area contributed by atoms with E-state index in [9.17, 15) is 5.11 Å². The first-order valence-corrected chi connectivity index (χ1v) is 9.72. The predicted molar refractivity (Wildman–Crippen MR) is 94.9 cm³/mol. The molecule has 5 heteroatoms. The van der Waals surface area contributed by atoms with Gasteiger partial charge in [-0.2, -0.15) is 0 Å². The first-order valence-electron chi connectivity index (χ1n) is 9.72. The molecule has 0 unspecified atom stereocenters. The van der Waals surface area contributed by atoms with E-state index in [1.807, 2.05) is 0 Å². The third kappa shape index (κ3) is 3.38. The molecule has 0 aromatic rings. The zero-order valence-electron chi connectivity index (χ0n) is 15.7. The molecular weight excluding hydrogens is 304 g/mol. The Bertz CT molecular complexity index is 423. The van der Waals surface area contributed by atoms with Gasteiger partial charge in [-0.1, -0.05) is 20.8 Å². The van der Waals surface area contributed by atoms with Crippen LogP contribution in [0.15, 0.2) is 0 Å². The van der Waals surface area contributed by atoms with Crippen LogP contribution < -0.4 is 0 Å². The average Bonchev–Trinajstić information content (AvgIpc) is 2.88. The van der Waals surface area contributed by atoms with Gasteiger partial charge in [0.15, 0.2) is 0 Å². The SMILES string of the molecule is CC1(C)[C@@H]2CC[C@]1(C)[C@H](OC[C@H](O)CN1CCN(CCO)CC1)C2. The molecule has 140 valence electrons. The van der Waals surface area contributed by atoms with Gasteiger partial charge < -0.3 is 14.9 Å². The van der Waals surface area contributed by atoms with Crippen molar-refractivity contribution < 1.29 is 14.9 Å². The molecule has 0 spiro atoms. The van der Waals surface area contributed by atoms with E-state index in [2.05, 4.69) is 30.6 Å². The zero-order chi connectivity index (χ0) is 17.4. The van der Waals surface area contributed by atoms with E-state index < -0.39 is 6.10 Å². The highest BCUT2D eigenvalue weighted by atomic mass is 16.5. The molecule has 1 aliphatic heterocycles. The molecule has 2 N–H and O–H groups in total. The van der Waals surface area contributed by atoms with Crippen molar-refractivity contribution in [3.8, 4) is 0 Å². The van der Waals surface area contributed by atoms with Crippen molar-refractivity contribution >= 4 is 0 Å². The summed E-state index contributed by atoms with van der Waals surface area (Å²) in [5.41, 5.74) is 0.638. The standard InChI is InChI=1S/C19H36N2O3/c1-18(2)15-4-5-19(18,3)17(12-15)24-14-16(23)13-21-8-6-20(7-9-21)10-11-22/h15-17,22-23H,4-14H2,1-3H3/t15-,16-,17-,19-/m1/s1. The molecule has 24 heavy (non-hydrogen) atoms. The number of fused-ring (bicyclic) bond motifs is 2. The fraction of sp³-hybridized carbons (Fsp3) is 1.00. The lowest BCUT2D eigenvalue weighted by atomic mass is 9.70. The molecule has 0 amide bonds. The quantitative estimate of drug-likeness (QED) is 0.729. The molecule has 2 saturated carbocycles. The Morgan fingerprint density at radius 1 is 1.12 bits per heavy atom. The van der Waals surface area contributed by atoms with Crippen LogP contribution in [-0.4, -0.2) is 84.7 Å². The summed E-state index contributed by atoms with van der Waals surface area (Å²) in [5.74, 6) is 0.782. The molecule has 0 aromatic heterocycles. The smallest absolute Gasteiger partial charge is 0.0900 e. The van der Waals surface area contributed by atoms with Crippen molar-refractivity contribution in [2.24, 2.45) is 16.7 Å². The summed E-state index contributed by atoms with van der Waals surface area (Å²) in [6, 6.07) is 0. The normalized spacial score (nSPS) is 37.9. The molecule has 3 aliphatic rings. The van der Waals surface area contributed by atoms with Crippen LogP contribution in [0.3, 0.4) is 0 Å². The number of hydrogen-bond donors (Lipinski definition) is 2. The van der Waals surface area contributed by atoms with Crippen molar-refractivity contribution in [2.45, 2.75) is 52.2 Å². The Kier molecular flexibility index (Phi) is 5.57. The van der Waals surface area contributed by atoms with Gasteiger partial charge in [0, 0.05) is 39.3 Å². The largest absolute Gasteiger partial charge is 0.395 e. The van der Waals surface area contributed by atoms with Gasteiger partial charge in [0.25, 0.3) is 0 Å². The van der Waals surface area contributed by atoms with Crippen molar-refractivity contribution in [1.82, 2.24) is 9.80 Å². The molecule has 0 radical (unpaired) electrons. The van der Waals surface area contributed by atoms with Crippen LogP contribution >= 0.6 is 0 Å². The minimum atomic E-state index is -0.403. The Hall–Kier alpha value is -0.200. The zero-order valence-corrected chi connectivity index (χ0v) is 15.7. The second kappa shape index (κ2) is 7.20. The summed E-state index contributed by atoms with van der Waals surface area (Å²) in [7, 11) is 0. The van der Waals surface area contributed by atoms with Crippen molar-refractivity contribution in [3.05, 3.63) is 0 Å². The second-order valence-electron chi connectivity index (χ2n) is 8.95. The summed E-state index contributed by atoms with van der Waals surface area (Å²) in [4.78, 5) is 4.59. The third-order valence-corrected chi connectivity index (χ3v) is 7.55. The average molecular weight is 341 g/mol. The number of β-amino-alcohol motifs (C(OH)–C–C–N with tert-alkyl or cyclic N) is 2. The van der Waals surface area contributed by atoms with E-state index >= 15 is 0 Å². The lowest BCUT2D eigenvalue weighted by Gasteiger charge is -2.39. The Morgan fingerprint density at radius 3 is 2.33 bits per heavy atom. The maximum Gasteiger partial charge on any atom is 0.0900 e. The van der Waals surface area contributed by atoms with Gasteiger partial charge in [-0.15, -0.1) is 0 Å². The van der Waals surface area contributed by atoms with E-state index in [-0.39, 0.29) is 12.0 Å². The van der Waals surface area contributed by atoms with Crippen LogP contribution in [0.4, 0.5) is 0 Å². The first-order chi connectivity index (χ1) is 11.4. The van der Waals surface area contributed by atoms with Gasteiger partial charge in [-0.25, -0.2) is 0 Å². The summed E-state index contributed by atoms with van der Waals surface area (Å²) >= 11 is 0. The van der Waals surface area contributed by atoms with Gasteiger partial charge in [0.05, 0.1) is 25.4 Å². The van der Waals surface area contributed by atoms with Gasteiger partial charge in [-0.05, 0) is 36.0 Å². The molecule has 3 rings (SSSR count). The molecule has 2 aliphatic carbocycles. The van der Waals surface area contributed by atoms with Crippen LogP contribution in [0.1, 0.15) is 40.0 Å². The van der Waals surface area contributed by atoms with Gasteiger partial charge in [0.2, 0.25) is 0 Å². The summed E-state index contributed by atoms with van der Waals surface area (Å²) in [6.45, 7) is 13.2. The van der Waals surface area contributed by atoms with Crippen LogP contribution in [0, 0.1) is 16.7 Å². The minimum Gasteiger partial charge on any atom is -0.395 e. The predicted octanol–water partition coefficient (Wildman–Crippen LogP) is 1.19. The fourth-order valence-electron chi connectivity index (χ4n) is 5.30. The monoisotopic (exact) mass is 340 g/mol. The maximum absolute atomic E-state index is 10.4. The topological polar surface area (TPSA) is 56.2 Å². The van der Waals surface area contributed by atoms with Crippen molar-refractivity contribution in [3.63, 3.8) is 0 Å². The van der Waals surface area contributed by atoms with Gasteiger partial charge in [0.1, 0.15) is 0 Å². The Morgan fingerprint density at radius 2 is 1.79 bits per heavy atom. The summed E-state index contributed by atoms with van der Waals surface area (Å²) in [6.07, 6.45) is 3.67. The van der Waals surface area contributed by atoms with Gasteiger partial charge in [-0.3, -0.25) is 9.80 Å². The van der Waals surface area contributed by atoms with Crippen molar-refractivity contribution in [2.75, 3.05) is 52.5 Å². The number of aliphatic hydroxyl groups excluding tert-OH is 2. The number of aliphatic hydroxyl groups is 2. The van der Waals surface area contributed by atoms with Crippen LogP contribution in [0.25, 0.3) is 0 Å². The number of rotatable bonds is 7. The highest BCUT2D eigenvalue weighted by molar-refractivity contribution is 5.11. The molecule has 0 aromatic carbocycles. The molecule has 2 bridgehead atoms. The molecule has 1 saturated heterocycles. The van der Waals surface area contributed by atoms with Gasteiger partial charge >= 0.3 is 0 Å². The van der Waals surface area contributed by atoms with E-state index in [4.69, 9.17) is 9.84 Å². The Labute approximate surface area is 147 Å². The maximum atomic E-state index is 10.4. The highest BCUT2D eigenvalue weighted by Crippen LogP contribution is 2.66. The molecule has 5 nitrogen and oxygen atoms in total. The minimum absolute atomic E-state index is 0.230. The molecular formula is C19H36N2O3. The molecule has 4 atom stereocenters. The van der Waals surface area contributed by atoms with E-state index in [0.29, 0.717) is 24.7 Å². The van der Waals surface area contributed by atoms with Crippen LogP contribution in [0.5, 0.6) is 0 Å². The van der Waals surface area contributed by atoms with Crippen molar-refractivity contribution in [1.29, 1.82) is 0 Å². The third-order valence-electron chi connectivity index (χ3n) is 7.55. The highest BCUT2D eigenvalue weighted by Gasteiger charge is 2.61. The summed E-state index contributed by atoms with van der Waals surface area (Å²) in [5, 5.41) is 19.4. The van der Waals surface area contributed by atoms with Crippen LogP contribution in [0.2, 0.25) is 0 Å². The number of nitrogens with zero attached hydrogens (tertiary/aromatic N) is 2. The lowest BCUT2D eigenvalue weighted by Crippen LogP contribution is -2.49. The van der Waals surface area contributed by atoms with E-state index in [1.165, 1.54) is 12.8 Å². The Balaban J connectivity index is 1.40. The second-order valence-corrected chi connectivity index (χ2v) is 8.95. The lowest BCUT2D eigenvalue weighted by molar-refractivity contribution is -0.0807. The number of ether oxygens (including phenoxy) is 1.